The van der Waals surface area contributed by atoms with E-state index in [2.05, 4.69) is 23.3 Å². The van der Waals surface area contributed by atoms with Crippen LogP contribution in [0.2, 0.25) is 0 Å². The molecule has 1 aromatic carbocycles. The van der Waals surface area contributed by atoms with E-state index in [0.29, 0.717) is 11.6 Å². The minimum atomic E-state index is -0.539. The predicted octanol–water partition coefficient (Wildman–Crippen LogP) is 3.78. The molecule has 0 unspecified atom stereocenters. The first-order valence-electron chi connectivity index (χ1n) is 7.79. The van der Waals surface area contributed by atoms with Gasteiger partial charge in [-0.2, -0.15) is 0 Å². The topological polar surface area (TPSA) is 77.2 Å². The van der Waals surface area contributed by atoms with Crippen LogP contribution in [0.5, 0.6) is 11.6 Å². The average Bonchev–Trinajstić information content (AvgIpc) is 2.56. The first-order chi connectivity index (χ1) is 11.0. The lowest BCUT2D eigenvalue weighted by Gasteiger charge is -2.15. The number of nitrogens with one attached hydrogen (secondary N) is 1. The summed E-state index contributed by atoms with van der Waals surface area (Å²) in [7, 11) is 0. The van der Waals surface area contributed by atoms with Crippen molar-refractivity contribution in [2.75, 3.05) is 5.32 Å². The molecule has 3 N–H and O–H groups in total. The number of hydrogen-bond acceptors (Lipinski definition) is 4. The summed E-state index contributed by atoms with van der Waals surface area (Å²) in [5.74, 6) is 1.09. The zero-order valence-corrected chi connectivity index (χ0v) is 15.0. The van der Waals surface area contributed by atoms with Crippen molar-refractivity contribution in [2.45, 2.75) is 33.2 Å². The molecule has 0 saturated carbocycles. The number of pyridine rings is 1. The van der Waals surface area contributed by atoms with Crippen LogP contribution in [0.25, 0.3) is 0 Å². The number of hydrogen-bond donors (Lipinski definition) is 2. The highest BCUT2D eigenvalue weighted by Gasteiger charge is 2.17. The van der Waals surface area contributed by atoms with Crippen molar-refractivity contribution >= 4 is 24.0 Å². The molecule has 0 spiro atoms. The number of nitrogens with two attached hydrogens (primary N) is 1. The maximum atomic E-state index is 11.9. The maximum Gasteiger partial charge on any atom is 0.241 e. The van der Waals surface area contributed by atoms with Crippen molar-refractivity contribution in [3.8, 4) is 11.6 Å². The van der Waals surface area contributed by atoms with Gasteiger partial charge in [0.15, 0.2) is 0 Å². The van der Waals surface area contributed by atoms with Gasteiger partial charge < -0.3 is 15.8 Å². The van der Waals surface area contributed by atoms with Crippen molar-refractivity contribution in [2.24, 2.45) is 11.7 Å². The van der Waals surface area contributed by atoms with Crippen molar-refractivity contribution in [3.63, 3.8) is 0 Å². The van der Waals surface area contributed by atoms with Gasteiger partial charge in [-0.05, 0) is 36.1 Å². The lowest BCUT2D eigenvalue weighted by molar-refractivity contribution is -0.118. The molecule has 0 aliphatic heterocycles. The van der Waals surface area contributed by atoms with Crippen molar-refractivity contribution in [3.05, 3.63) is 48.2 Å². The van der Waals surface area contributed by atoms with Crippen LogP contribution < -0.4 is 15.8 Å². The fraction of sp³-hybridized carbons (Fsp3) is 0.333. The highest BCUT2D eigenvalue weighted by molar-refractivity contribution is 5.94. The highest BCUT2D eigenvalue weighted by Crippen LogP contribution is 2.21. The molecule has 6 heteroatoms. The molecular formula is C18H24ClN3O2. The highest BCUT2D eigenvalue weighted by atomic mass is 35.5. The third-order valence-corrected chi connectivity index (χ3v) is 3.55. The Labute approximate surface area is 149 Å². The molecular weight excluding hydrogens is 326 g/mol. The van der Waals surface area contributed by atoms with Crippen LogP contribution in [0.1, 0.15) is 26.3 Å². The minimum absolute atomic E-state index is 0. The standard InChI is InChI=1S/C18H23N3O2.ClH/c1-4-13-6-5-7-15(10-13)23-16-9-8-14(11-20-16)21-18(22)17(19)12(2)3;/h5-12,17H,4,19H2,1-3H3,(H,21,22);1H/t17-;/m0./s1. The van der Waals surface area contributed by atoms with E-state index in [1.807, 2.05) is 32.0 Å². The van der Waals surface area contributed by atoms with Crippen LogP contribution in [0.3, 0.4) is 0 Å². The molecule has 0 aliphatic carbocycles. The van der Waals surface area contributed by atoms with Crippen LogP contribution >= 0.6 is 12.4 Å². The Hall–Kier alpha value is -2.11. The fourth-order valence-corrected chi connectivity index (χ4v) is 1.99. The summed E-state index contributed by atoms with van der Waals surface area (Å²) < 4.78 is 5.72. The number of halogens is 1. The smallest absolute Gasteiger partial charge is 0.241 e. The predicted molar refractivity (Wildman–Crippen MR) is 98.8 cm³/mol. The molecule has 130 valence electrons. The number of nitrogens with zero attached hydrogens (tertiary/aromatic N) is 1. The van der Waals surface area contributed by atoms with Gasteiger partial charge in [-0.3, -0.25) is 4.79 Å². The van der Waals surface area contributed by atoms with E-state index in [1.165, 1.54) is 5.56 Å². The van der Waals surface area contributed by atoms with Crippen LogP contribution in [0, 0.1) is 5.92 Å². The van der Waals surface area contributed by atoms with Gasteiger partial charge in [-0.25, -0.2) is 4.98 Å². The molecule has 2 rings (SSSR count). The lowest BCUT2D eigenvalue weighted by atomic mass is 10.1. The number of aromatic nitrogens is 1. The molecule has 1 aromatic heterocycles. The number of amides is 1. The van der Waals surface area contributed by atoms with Gasteiger partial charge in [-0.1, -0.05) is 32.9 Å². The van der Waals surface area contributed by atoms with E-state index >= 15 is 0 Å². The number of benzene rings is 1. The Morgan fingerprint density at radius 3 is 2.62 bits per heavy atom. The van der Waals surface area contributed by atoms with Gasteiger partial charge in [-0.15, -0.1) is 12.4 Å². The number of rotatable bonds is 6. The van der Waals surface area contributed by atoms with Crippen LogP contribution in [-0.4, -0.2) is 16.9 Å². The largest absolute Gasteiger partial charge is 0.439 e. The van der Waals surface area contributed by atoms with E-state index in [9.17, 15) is 4.79 Å². The molecule has 5 nitrogen and oxygen atoms in total. The monoisotopic (exact) mass is 349 g/mol. The number of aryl methyl sites for hydroxylation is 1. The Kier molecular flexibility index (Phi) is 7.68. The summed E-state index contributed by atoms with van der Waals surface area (Å²) in [5.41, 5.74) is 7.61. The molecule has 0 saturated heterocycles. The Morgan fingerprint density at radius 1 is 1.29 bits per heavy atom. The molecule has 1 amide bonds. The molecule has 1 heterocycles. The van der Waals surface area contributed by atoms with Crippen LogP contribution in [-0.2, 0) is 11.2 Å². The Morgan fingerprint density at radius 2 is 2.04 bits per heavy atom. The van der Waals surface area contributed by atoms with E-state index in [4.69, 9.17) is 10.5 Å². The average molecular weight is 350 g/mol. The van der Waals surface area contributed by atoms with Gasteiger partial charge in [0, 0.05) is 6.07 Å². The summed E-state index contributed by atoms with van der Waals surface area (Å²) in [5, 5.41) is 2.75. The maximum absolute atomic E-state index is 11.9. The molecule has 1 atom stereocenters. The van der Waals surface area contributed by atoms with E-state index in [1.54, 1.807) is 18.3 Å². The van der Waals surface area contributed by atoms with E-state index in [0.717, 1.165) is 12.2 Å². The quantitative estimate of drug-likeness (QED) is 0.832. The van der Waals surface area contributed by atoms with E-state index < -0.39 is 6.04 Å². The van der Waals surface area contributed by atoms with Crippen LogP contribution in [0.4, 0.5) is 5.69 Å². The third kappa shape index (κ3) is 5.51. The van der Waals surface area contributed by atoms with Crippen molar-refractivity contribution < 1.29 is 9.53 Å². The first-order valence-corrected chi connectivity index (χ1v) is 7.79. The number of anilines is 1. The number of ether oxygens (including phenoxy) is 1. The molecule has 0 aliphatic rings. The summed E-state index contributed by atoms with van der Waals surface area (Å²) in [6.07, 6.45) is 2.51. The van der Waals surface area contributed by atoms with Crippen molar-refractivity contribution in [1.82, 2.24) is 4.98 Å². The number of carbonyl (C=O) groups excluding carboxylic acids is 1. The molecule has 0 fully saturated rings. The van der Waals surface area contributed by atoms with Gasteiger partial charge in [0.2, 0.25) is 11.8 Å². The molecule has 0 radical (unpaired) electrons. The first kappa shape index (κ1) is 19.9. The normalized spacial score (nSPS) is 11.5. The Bertz CT molecular complexity index is 660. The minimum Gasteiger partial charge on any atom is -0.439 e. The Balaban J connectivity index is 0.00000288. The second-order valence-corrected chi connectivity index (χ2v) is 5.75. The van der Waals surface area contributed by atoms with Gasteiger partial charge in [0.1, 0.15) is 5.75 Å². The van der Waals surface area contributed by atoms with Gasteiger partial charge >= 0.3 is 0 Å². The number of carbonyl (C=O) groups is 1. The fourth-order valence-electron chi connectivity index (χ4n) is 1.99. The van der Waals surface area contributed by atoms with E-state index in [-0.39, 0.29) is 24.2 Å². The van der Waals surface area contributed by atoms with Crippen molar-refractivity contribution in [1.29, 1.82) is 0 Å². The molecule has 24 heavy (non-hydrogen) atoms. The van der Waals surface area contributed by atoms with Crippen LogP contribution in [0.15, 0.2) is 42.6 Å². The van der Waals surface area contributed by atoms with Gasteiger partial charge in [0.05, 0.1) is 17.9 Å². The zero-order valence-electron chi connectivity index (χ0n) is 14.2. The second-order valence-electron chi connectivity index (χ2n) is 5.75. The molecule has 2 aromatic rings. The second kappa shape index (κ2) is 9.25. The summed E-state index contributed by atoms with van der Waals surface area (Å²) in [4.78, 5) is 16.1. The summed E-state index contributed by atoms with van der Waals surface area (Å²) in [6.45, 7) is 5.91. The SMILES string of the molecule is CCc1cccc(Oc2ccc(NC(=O)[C@@H](N)C(C)C)cn2)c1.Cl. The van der Waals surface area contributed by atoms with Gasteiger partial charge in [0.25, 0.3) is 0 Å². The summed E-state index contributed by atoms with van der Waals surface area (Å²) in [6, 6.07) is 10.8. The summed E-state index contributed by atoms with van der Waals surface area (Å²) >= 11 is 0. The molecule has 0 bridgehead atoms. The zero-order chi connectivity index (χ0) is 16.8. The third-order valence-electron chi connectivity index (χ3n) is 3.55. The lowest BCUT2D eigenvalue weighted by Crippen LogP contribution is -2.39.